The lowest BCUT2D eigenvalue weighted by Gasteiger charge is -2.12. The van der Waals surface area contributed by atoms with Gasteiger partial charge in [0.05, 0.1) is 31.6 Å². The maximum absolute atomic E-state index is 12.1. The predicted octanol–water partition coefficient (Wildman–Crippen LogP) is 3.40. The first-order valence-electron chi connectivity index (χ1n) is 8.22. The molecule has 0 saturated carbocycles. The third-order valence-electron chi connectivity index (χ3n) is 3.88. The van der Waals surface area contributed by atoms with E-state index in [-0.39, 0.29) is 18.0 Å². The van der Waals surface area contributed by atoms with E-state index in [0.717, 1.165) is 0 Å². The number of fused-ring (bicyclic) bond motifs is 1. The van der Waals surface area contributed by atoms with Crippen LogP contribution in [0.4, 0.5) is 10.5 Å². The smallest absolute Gasteiger partial charge is 0.343 e. The van der Waals surface area contributed by atoms with E-state index in [1.165, 1.54) is 20.4 Å². The van der Waals surface area contributed by atoms with Gasteiger partial charge in [-0.05, 0) is 35.9 Å². The Morgan fingerprint density at radius 1 is 1.21 bits per heavy atom. The van der Waals surface area contributed by atoms with E-state index < -0.39 is 12.0 Å². The standard InChI is InChI=1S/C19H17ClN4O4/c1-27-17-15(18(25)28-2)8-11-6-13(20)7-12(16(11)24-17)9-22-19(26)23-14-4-3-5-21-10-14/h3-8,10H,9H2,1-2H3,(H2,22,23,26). The van der Waals surface area contributed by atoms with Gasteiger partial charge in [0.25, 0.3) is 0 Å². The van der Waals surface area contributed by atoms with Crippen molar-refractivity contribution in [2.75, 3.05) is 19.5 Å². The molecule has 8 nitrogen and oxygen atoms in total. The molecule has 2 heterocycles. The molecule has 3 rings (SSSR count). The first kappa shape index (κ1) is 19.4. The van der Waals surface area contributed by atoms with E-state index in [4.69, 9.17) is 21.1 Å². The highest BCUT2D eigenvalue weighted by atomic mass is 35.5. The number of pyridine rings is 2. The van der Waals surface area contributed by atoms with Gasteiger partial charge < -0.3 is 20.1 Å². The summed E-state index contributed by atoms with van der Waals surface area (Å²) in [5, 5.41) is 6.49. The lowest BCUT2D eigenvalue weighted by Crippen LogP contribution is -2.28. The van der Waals surface area contributed by atoms with Gasteiger partial charge >= 0.3 is 12.0 Å². The minimum atomic E-state index is -0.568. The van der Waals surface area contributed by atoms with E-state index >= 15 is 0 Å². The quantitative estimate of drug-likeness (QED) is 0.636. The van der Waals surface area contributed by atoms with Crippen LogP contribution < -0.4 is 15.4 Å². The minimum absolute atomic E-state index is 0.128. The molecular weight excluding hydrogens is 384 g/mol. The SMILES string of the molecule is COC(=O)c1cc2cc(Cl)cc(CNC(=O)Nc3cccnc3)c2nc1OC. The summed E-state index contributed by atoms with van der Waals surface area (Å²) in [5.74, 6) is -0.440. The van der Waals surface area contributed by atoms with Crippen LogP contribution in [0.25, 0.3) is 10.9 Å². The molecule has 0 aliphatic carbocycles. The number of carbonyl (C=O) groups is 2. The number of urea groups is 1. The van der Waals surface area contributed by atoms with Crippen LogP contribution in [0, 0.1) is 0 Å². The number of hydrogen-bond acceptors (Lipinski definition) is 6. The van der Waals surface area contributed by atoms with Crippen molar-refractivity contribution in [1.29, 1.82) is 0 Å². The van der Waals surface area contributed by atoms with Gasteiger partial charge in [-0.3, -0.25) is 4.98 Å². The van der Waals surface area contributed by atoms with Gasteiger partial charge in [0, 0.05) is 23.2 Å². The maximum Gasteiger partial charge on any atom is 0.343 e. The molecule has 2 N–H and O–H groups in total. The molecule has 144 valence electrons. The van der Waals surface area contributed by atoms with Crippen molar-refractivity contribution in [3.63, 3.8) is 0 Å². The number of aromatic nitrogens is 2. The number of carbonyl (C=O) groups excluding carboxylic acids is 2. The Morgan fingerprint density at radius 3 is 2.71 bits per heavy atom. The number of esters is 1. The van der Waals surface area contributed by atoms with Crippen molar-refractivity contribution in [2.24, 2.45) is 0 Å². The number of methoxy groups -OCH3 is 2. The van der Waals surface area contributed by atoms with E-state index in [9.17, 15) is 9.59 Å². The molecule has 0 spiro atoms. The predicted molar refractivity (Wildman–Crippen MR) is 105 cm³/mol. The van der Waals surface area contributed by atoms with Crippen LogP contribution in [-0.4, -0.2) is 36.2 Å². The summed E-state index contributed by atoms with van der Waals surface area (Å²) in [4.78, 5) is 32.4. The number of nitrogens with one attached hydrogen (secondary N) is 2. The number of hydrogen-bond donors (Lipinski definition) is 2. The molecule has 0 aliphatic heterocycles. The summed E-state index contributed by atoms with van der Waals surface area (Å²) in [5.41, 5.74) is 1.97. The number of benzene rings is 1. The molecule has 28 heavy (non-hydrogen) atoms. The summed E-state index contributed by atoms with van der Waals surface area (Å²) in [6, 6.07) is 8.00. The lowest BCUT2D eigenvalue weighted by atomic mass is 10.1. The molecule has 0 saturated heterocycles. The molecule has 0 atom stereocenters. The van der Waals surface area contributed by atoms with E-state index in [1.807, 2.05) is 0 Å². The molecule has 2 aromatic heterocycles. The van der Waals surface area contributed by atoms with Gasteiger partial charge in [-0.1, -0.05) is 11.6 Å². The van der Waals surface area contributed by atoms with Gasteiger partial charge in [-0.25, -0.2) is 14.6 Å². The second kappa shape index (κ2) is 8.53. The largest absolute Gasteiger partial charge is 0.480 e. The van der Waals surface area contributed by atoms with Crippen LogP contribution >= 0.6 is 11.6 Å². The molecule has 1 aromatic carbocycles. The number of amides is 2. The molecule has 0 radical (unpaired) electrons. The van der Waals surface area contributed by atoms with Crippen molar-refractivity contribution < 1.29 is 19.1 Å². The molecular formula is C19H17ClN4O4. The Hall–Kier alpha value is -3.39. The zero-order valence-corrected chi connectivity index (χ0v) is 15.9. The van der Waals surface area contributed by atoms with Crippen LogP contribution in [-0.2, 0) is 11.3 Å². The summed E-state index contributed by atoms with van der Waals surface area (Å²) in [6.07, 6.45) is 3.15. The Bertz CT molecular complexity index is 1030. The summed E-state index contributed by atoms with van der Waals surface area (Å²) < 4.78 is 9.98. The number of ether oxygens (including phenoxy) is 2. The molecule has 0 aliphatic rings. The highest BCUT2D eigenvalue weighted by Crippen LogP contribution is 2.28. The minimum Gasteiger partial charge on any atom is -0.480 e. The molecule has 2 amide bonds. The fourth-order valence-corrected chi connectivity index (χ4v) is 2.89. The van der Waals surface area contributed by atoms with E-state index in [1.54, 1.807) is 36.5 Å². The zero-order chi connectivity index (χ0) is 20.1. The lowest BCUT2D eigenvalue weighted by molar-refractivity contribution is 0.0596. The van der Waals surface area contributed by atoms with Gasteiger partial charge in [0.15, 0.2) is 0 Å². The highest BCUT2D eigenvalue weighted by molar-refractivity contribution is 6.31. The third kappa shape index (κ3) is 4.29. The van der Waals surface area contributed by atoms with Crippen LogP contribution in [0.15, 0.2) is 42.7 Å². The fraction of sp³-hybridized carbons (Fsp3) is 0.158. The number of anilines is 1. The first-order chi connectivity index (χ1) is 13.5. The average Bonchev–Trinajstić information content (AvgIpc) is 2.71. The Labute approximate surface area is 165 Å². The molecule has 9 heteroatoms. The topological polar surface area (TPSA) is 102 Å². The van der Waals surface area contributed by atoms with Crippen LogP contribution in [0.1, 0.15) is 15.9 Å². The summed E-state index contributed by atoms with van der Waals surface area (Å²) in [7, 11) is 2.69. The Kier molecular flexibility index (Phi) is 5.90. The number of halogens is 1. The van der Waals surface area contributed by atoms with E-state index in [0.29, 0.717) is 27.2 Å². The molecule has 0 fully saturated rings. The Balaban J connectivity index is 1.88. The van der Waals surface area contributed by atoms with Crippen molar-refractivity contribution in [3.05, 3.63) is 58.9 Å². The second-order valence-corrected chi connectivity index (χ2v) is 6.16. The van der Waals surface area contributed by atoms with Crippen molar-refractivity contribution in [2.45, 2.75) is 6.54 Å². The highest BCUT2D eigenvalue weighted by Gasteiger charge is 2.18. The second-order valence-electron chi connectivity index (χ2n) is 5.72. The number of nitrogens with zero attached hydrogens (tertiary/aromatic N) is 2. The van der Waals surface area contributed by atoms with Gasteiger partial charge in [0.1, 0.15) is 5.56 Å². The molecule has 3 aromatic rings. The van der Waals surface area contributed by atoms with Gasteiger partial charge in [0.2, 0.25) is 5.88 Å². The number of rotatable bonds is 5. The molecule has 0 bridgehead atoms. The zero-order valence-electron chi connectivity index (χ0n) is 15.2. The van der Waals surface area contributed by atoms with Crippen LogP contribution in [0.2, 0.25) is 5.02 Å². The normalized spacial score (nSPS) is 10.4. The fourth-order valence-electron chi connectivity index (χ4n) is 2.64. The van der Waals surface area contributed by atoms with Gasteiger partial charge in [-0.15, -0.1) is 0 Å². The summed E-state index contributed by atoms with van der Waals surface area (Å²) >= 11 is 6.20. The van der Waals surface area contributed by atoms with Crippen molar-refractivity contribution in [3.8, 4) is 5.88 Å². The summed E-state index contributed by atoms with van der Waals surface area (Å²) in [6.45, 7) is 0.164. The van der Waals surface area contributed by atoms with Crippen LogP contribution in [0.3, 0.4) is 0 Å². The Morgan fingerprint density at radius 2 is 2.04 bits per heavy atom. The molecule has 0 unspecified atom stereocenters. The maximum atomic E-state index is 12.1. The first-order valence-corrected chi connectivity index (χ1v) is 8.60. The van der Waals surface area contributed by atoms with E-state index in [2.05, 4.69) is 20.6 Å². The van der Waals surface area contributed by atoms with Crippen molar-refractivity contribution >= 4 is 40.2 Å². The van der Waals surface area contributed by atoms with Crippen molar-refractivity contribution in [1.82, 2.24) is 15.3 Å². The van der Waals surface area contributed by atoms with Gasteiger partial charge in [-0.2, -0.15) is 0 Å². The third-order valence-corrected chi connectivity index (χ3v) is 4.10. The van der Waals surface area contributed by atoms with Crippen LogP contribution in [0.5, 0.6) is 5.88 Å². The average molecular weight is 401 g/mol. The monoisotopic (exact) mass is 400 g/mol.